The van der Waals surface area contributed by atoms with E-state index in [9.17, 15) is 9.59 Å². The molecule has 0 aliphatic carbocycles. The molecule has 0 radical (unpaired) electrons. The molecule has 1 N–H and O–H groups in total. The number of nitrogens with one attached hydrogen (secondary N) is 1. The summed E-state index contributed by atoms with van der Waals surface area (Å²) in [5.41, 5.74) is 2.64. The summed E-state index contributed by atoms with van der Waals surface area (Å²) in [5.74, 6) is 1.32. The molecule has 1 saturated heterocycles. The molecular formula is C25H27N3O4. The minimum absolute atomic E-state index is 0.0643. The molecule has 1 fully saturated rings. The van der Waals surface area contributed by atoms with Gasteiger partial charge in [0.05, 0.1) is 6.04 Å². The molecule has 2 aromatic carbocycles. The SMILES string of the molecule is Cc1[nH]c2ccccc2c1C(=O)[C@@H](C)N1CCN(C(=O)[C@H]2COc3ccccc3O2)CC1. The highest BCUT2D eigenvalue weighted by molar-refractivity contribution is 6.11. The quantitative estimate of drug-likeness (QED) is 0.640. The Morgan fingerprint density at radius 2 is 1.69 bits per heavy atom. The highest BCUT2D eigenvalue weighted by Crippen LogP contribution is 2.31. The number of ketones is 1. The molecule has 7 nitrogen and oxygen atoms in total. The second kappa shape index (κ2) is 8.31. The Morgan fingerprint density at radius 1 is 1.00 bits per heavy atom. The van der Waals surface area contributed by atoms with Gasteiger partial charge in [0.1, 0.15) is 6.61 Å². The van der Waals surface area contributed by atoms with E-state index in [-0.39, 0.29) is 24.3 Å². The Hall–Kier alpha value is -3.32. The van der Waals surface area contributed by atoms with Crippen LogP contribution in [0.5, 0.6) is 11.5 Å². The molecule has 32 heavy (non-hydrogen) atoms. The van der Waals surface area contributed by atoms with Crippen molar-refractivity contribution >= 4 is 22.6 Å². The van der Waals surface area contributed by atoms with Crippen molar-refractivity contribution in [3.8, 4) is 11.5 Å². The zero-order valence-corrected chi connectivity index (χ0v) is 18.3. The van der Waals surface area contributed by atoms with Gasteiger partial charge in [-0.2, -0.15) is 0 Å². The van der Waals surface area contributed by atoms with Crippen LogP contribution in [0.3, 0.4) is 0 Å². The van der Waals surface area contributed by atoms with Crippen LogP contribution in [0, 0.1) is 6.92 Å². The maximum Gasteiger partial charge on any atom is 0.267 e. The second-order valence-electron chi connectivity index (χ2n) is 8.44. The van der Waals surface area contributed by atoms with Crippen LogP contribution >= 0.6 is 0 Å². The van der Waals surface area contributed by atoms with Crippen LogP contribution in [-0.2, 0) is 4.79 Å². The Balaban J connectivity index is 1.22. The van der Waals surface area contributed by atoms with Gasteiger partial charge in [-0.25, -0.2) is 0 Å². The molecule has 0 spiro atoms. The van der Waals surface area contributed by atoms with Crippen molar-refractivity contribution < 1.29 is 19.1 Å². The van der Waals surface area contributed by atoms with E-state index in [4.69, 9.17) is 9.47 Å². The fourth-order valence-electron chi connectivity index (χ4n) is 4.64. The molecule has 2 aliphatic rings. The van der Waals surface area contributed by atoms with Gasteiger partial charge in [0.15, 0.2) is 17.3 Å². The van der Waals surface area contributed by atoms with Crippen LogP contribution in [0.15, 0.2) is 48.5 Å². The maximum atomic E-state index is 13.3. The maximum absolute atomic E-state index is 13.3. The molecule has 1 aromatic heterocycles. The van der Waals surface area contributed by atoms with Crippen molar-refractivity contribution in [3.63, 3.8) is 0 Å². The molecule has 0 bridgehead atoms. The van der Waals surface area contributed by atoms with Crippen LogP contribution in [0.1, 0.15) is 23.0 Å². The molecule has 7 heteroatoms. The van der Waals surface area contributed by atoms with Crippen molar-refractivity contribution in [2.75, 3.05) is 32.8 Å². The largest absolute Gasteiger partial charge is 0.485 e. The average molecular weight is 434 g/mol. The first-order valence-corrected chi connectivity index (χ1v) is 11.1. The summed E-state index contributed by atoms with van der Waals surface area (Å²) in [6.45, 7) is 6.52. The zero-order valence-electron chi connectivity index (χ0n) is 18.3. The summed E-state index contributed by atoms with van der Waals surface area (Å²) in [5, 5.41) is 0.963. The predicted molar refractivity (Wildman–Crippen MR) is 121 cm³/mol. The number of rotatable bonds is 4. The topological polar surface area (TPSA) is 74.9 Å². The average Bonchev–Trinajstić information content (AvgIpc) is 3.18. The number of hydrogen-bond donors (Lipinski definition) is 1. The number of hydrogen-bond acceptors (Lipinski definition) is 5. The monoisotopic (exact) mass is 433 g/mol. The molecule has 1 amide bonds. The number of benzene rings is 2. The Morgan fingerprint density at radius 3 is 2.47 bits per heavy atom. The van der Waals surface area contributed by atoms with Crippen molar-refractivity contribution in [2.24, 2.45) is 0 Å². The zero-order chi connectivity index (χ0) is 22.2. The van der Waals surface area contributed by atoms with Gasteiger partial charge in [0, 0.05) is 48.3 Å². The predicted octanol–water partition coefficient (Wildman–Crippen LogP) is 3.03. The molecule has 3 heterocycles. The van der Waals surface area contributed by atoms with E-state index >= 15 is 0 Å². The number of aromatic nitrogens is 1. The van der Waals surface area contributed by atoms with E-state index in [1.807, 2.05) is 67.3 Å². The molecule has 166 valence electrons. The first kappa shape index (κ1) is 20.6. The number of ether oxygens (including phenoxy) is 2. The van der Waals surface area contributed by atoms with Gasteiger partial charge in [-0.1, -0.05) is 30.3 Å². The first-order chi connectivity index (χ1) is 15.5. The smallest absolute Gasteiger partial charge is 0.267 e. The lowest BCUT2D eigenvalue weighted by Crippen LogP contribution is -2.56. The molecule has 0 unspecified atom stereocenters. The lowest BCUT2D eigenvalue weighted by atomic mass is 10.0. The Bertz CT molecular complexity index is 1160. The number of nitrogens with zero attached hydrogens (tertiary/aromatic N) is 2. The van der Waals surface area contributed by atoms with Crippen LogP contribution in [-0.4, -0.2) is 71.4 Å². The standard InChI is InChI=1S/C25H27N3O4/c1-16-23(18-7-3-4-8-19(18)26-16)24(29)17(2)27-11-13-28(14-12-27)25(30)22-15-31-20-9-5-6-10-21(20)32-22/h3-10,17,22,26H,11-15H2,1-2H3/t17-,22-/m1/s1. The van der Waals surface area contributed by atoms with E-state index in [0.717, 1.165) is 22.2 Å². The van der Waals surface area contributed by atoms with E-state index in [1.54, 1.807) is 0 Å². The number of aromatic amines is 1. The third-order valence-electron chi connectivity index (χ3n) is 6.48. The Labute approximate surface area is 186 Å². The van der Waals surface area contributed by atoms with Crippen LogP contribution < -0.4 is 9.47 Å². The summed E-state index contributed by atoms with van der Waals surface area (Å²) in [7, 11) is 0. The number of amides is 1. The summed E-state index contributed by atoms with van der Waals surface area (Å²) < 4.78 is 11.6. The van der Waals surface area contributed by atoms with E-state index in [2.05, 4.69) is 9.88 Å². The number of H-pyrrole nitrogens is 1. The normalized spacial score (nSPS) is 19.7. The van der Waals surface area contributed by atoms with Crippen LogP contribution in [0.4, 0.5) is 0 Å². The van der Waals surface area contributed by atoms with Gasteiger partial charge in [0.25, 0.3) is 5.91 Å². The van der Waals surface area contributed by atoms with Gasteiger partial charge < -0.3 is 19.4 Å². The van der Waals surface area contributed by atoms with E-state index in [0.29, 0.717) is 37.7 Å². The lowest BCUT2D eigenvalue weighted by Gasteiger charge is -2.39. The van der Waals surface area contributed by atoms with Crippen molar-refractivity contribution in [1.29, 1.82) is 0 Å². The number of aryl methyl sites for hydroxylation is 1. The van der Waals surface area contributed by atoms with E-state index < -0.39 is 6.10 Å². The summed E-state index contributed by atoms with van der Waals surface area (Å²) in [4.78, 5) is 33.6. The van der Waals surface area contributed by atoms with Crippen molar-refractivity contribution in [3.05, 3.63) is 59.8 Å². The fraction of sp³-hybridized carbons (Fsp3) is 0.360. The number of piperazine rings is 1. The highest BCUT2D eigenvalue weighted by atomic mass is 16.6. The third-order valence-corrected chi connectivity index (χ3v) is 6.48. The van der Waals surface area contributed by atoms with Crippen LogP contribution in [0.25, 0.3) is 10.9 Å². The van der Waals surface area contributed by atoms with Crippen LogP contribution in [0.2, 0.25) is 0 Å². The minimum Gasteiger partial charge on any atom is -0.485 e. The molecular weight excluding hydrogens is 406 g/mol. The van der Waals surface area contributed by atoms with Gasteiger partial charge >= 0.3 is 0 Å². The van der Waals surface area contributed by atoms with Gasteiger partial charge in [-0.05, 0) is 32.0 Å². The summed E-state index contributed by atoms with van der Waals surface area (Å²) >= 11 is 0. The third kappa shape index (κ3) is 3.62. The molecule has 3 aromatic rings. The molecule has 0 saturated carbocycles. The van der Waals surface area contributed by atoms with Gasteiger partial charge in [-0.15, -0.1) is 0 Å². The van der Waals surface area contributed by atoms with Crippen molar-refractivity contribution in [1.82, 2.24) is 14.8 Å². The number of carbonyl (C=O) groups is 2. The van der Waals surface area contributed by atoms with Gasteiger partial charge in [-0.3, -0.25) is 14.5 Å². The number of Topliss-reactive ketones (excluding diaryl/α,β-unsaturated/α-hetero) is 1. The van der Waals surface area contributed by atoms with E-state index in [1.165, 1.54) is 0 Å². The van der Waals surface area contributed by atoms with Crippen molar-refractivity contribution in [2.45, 2.75) is 26.0 Å². The summed E-state index contributed by atoms with van der Waals surface area (Å²) in [6, 6.07) is 15.0. The summed E-state index contributed by atoms with van der Waals surface area (Å²) in [6.07, 6.45) is -0.635. The fourth-order valence-corrected chi connectivity index (χ4v) is 4.64. The number of fused-ring (bicyclic) bond motifs is 2. The first-order valence-electron chi connectivity index (χ1n) is 11.1. The minimum atomic E-state index is -0.635. The molecule has 2 atom stereocenters. The molecule has 2 aliphatic heterocycles. The molecule has 5 rings (SSSR count). The lowest BCUT2D eigenvalue weighted by molar-refractivity contribution is -0.143. The Kier molecular flexibility index (Phi) is 5.35. The number of carbonyl (C=O) groups excluding carboxylic acids is 2. The number of para-hydroxylation sites is 3. The van der Waals surface area contributed by atoms with Gasteiger partial charge in [0.2, 0.25) is 6.10 Å². The highest BCUT2D eigenvalue weighted by Gasteiger charge is 2.35. The second-order valence-corrected chi connectivity index (χ2v) is 8.44.